The molecule has 7 nitrogen and oxygen atoms in total. The summed E-state index contributed by atoms with van der Waals surface area (Å²) in [5, 5.41) is 8.82. The van der Waals surface area contributed by atoms with Crippen LogP contribution < -0.4 is 5.73 Å². The topological polar surface area (TPSA) is 102 Å². The van der Waals surface area contributed by atoms with Gasteiger partial charge in [0.1, 0.15) is 0 Å². The lowest BCUT2D eigenvalue weighted by Gasteiger charge is -2.41. The number of ether oxygens (including phenoxy) is 2. The Morgan fingerprint density at radius 1 is 1.30 bits per heavy atom. The third-order valence-corrected chi connectivity index (χ3v) is 4.12. The molecule has 1 unspecified atom stereocenters. The Morgan fingerprint density at radius 2 is 2.00 bits per heavy atom. The van der Waals surface area contributed by atoms with Crippen molar-refractivity contribution >= 4 is 11.9 Å². The Balaban J connectivity index is 2.01. The lowest BCUT2D eigenvalue weighted by atomic mass is 9.78. The third kappa shape index (κ3) is 3.28. The van der Waals surface area contributed by atoms with Gasteiger partial charge in [0.25, 0.3) is 0 Å². The van der Waals surface area contributed by atoms with Gasteiger partial charge in [-0.1, -0.05) is 0 Å². The minimum atomic E-state index is -0.913. The molecule has 2 rings (SSSR count). The molecule has 114 valence electrons. The standard InChI is InChI=1S/C13H22N2O5/c14-9-13(1-4-19-5-2-13)12(18)15-3-6-20-10(8-15)7-11(16)17/h10H,1-9,14H2,(H,16,17). The molecule has 2 heterocycles. The molecule has 1 amide bonds. The molecule has 0 bridgehead atoms. The van der Waals surface area contributed by atoms with Crippen LogP contribution >= 0.6 is 0 Å². The van der Waals surface area contributed by atoms with E-state index in [2.05, 4.69) is 0 Å². The summed E-state index contributed by atoms with van der Waals surface area (Å²) in [4.78, 5) is 25.2. The molecule has 0 aliphatic carbocycles. The number of morpholine rings is 1. The highest BCUT2D eigenvalue weighted by Gasteiger charge is 2.42. The van der Waals surface area contributed by atoms with Crippen molar-refractivity contribution in [3.8, 4) is 0 Å². The number of nitrogens with zero attached hydrogens (tertiary/aromatic N) is 1. The van der Waals surface area contributed by atoms with E-state index in [0.29, 0.717) is 52.3 Å². The lowest BCUT2D eigenvalue weighted by Crippen LogP contribution is -2.55. The van der Waals surface area contributed by atoms with Gasteiger partial charge in [-0.2, -0.15) is 0 Å². The summed E-state index contributed by atoms with van der Waals surface area (Å²) in [5.74, 6) is -0.897. The molecule has 2 fully saturated rings. The second kappa shape index (κ2) is 6.51. The maximum Gasteiger partial charge on any atom is 0.306 e. The van der Waals surface area contributed by atoms with Gasteiger partial charge in [-0.15, -0.1) is 0 Å². The highest BCUT2D eigenvalue weighted by Crippen LogP contribution is 2.32. The fraction of sp³-hybridized carbons (Fsp3) is 0.846. The molecular weight excluding hydrogens is 264 g/mol. The average molecular weight is 286 g/mol. The maximum absolute atomic E-state index is 12.7. The van der Waals surface area contributed by atoms with Gasteiger partial charge in [0.05, 0.1) is 24.5 Å². The highest BCUT2D eigenvalue weighted by atomic mass is 16.5. The number of carboxylic acid groups (broad SMARTS) is 1. The lowest BCUT2D eigenvalue weighted by molar-refractivity contribution is -0.157. The molecule has 0 spiro atoms. The van der Waals surface area contributed by atoms with Gasteiger partial charge >= 0.3 is 5.97 Å². The van der Waals surface area contributed by atoms with Crippen molar-refractivity contribution in [2.45, 2.75) is 25.4 Å². The number of hydrogen-bond donors (Lipinski definition) is 2. The van der Waals surface area contributed by atoms with Crippen LogP contribution in [0.2, 0.25) is 0 Å². The Kier molecular flexibility index (Phi) is 4.95. The summed E-state index contributed by atoms with van der Waals surface area (Å²) >= 11 is 0. The number of hydrogen-bond acceptors (Lipinski definition) is 5. The minimum Gasteiger partial charge on any atom is -0.481 e. The highest BCUT2D eigenvalue weighted by molar-refractivity contribution is 5.83. The first kappa shape index (κ1) is 15.2. The van der Waals surface area contributed by atoms with Crippen LogP contribution in [0, 0.1) is 5.41 Å². The fourth-order valence-electron chi connectivity index (χ4n) is 2.82. The number of nitrogens with two attached hydrogens (primary N) is 1. The van der Waals surface area contributed by atoms with Crippen molar-refractivity contribution in [2.75, 3.05) is 39.5 Å². The van der Waals surface area contributed by atoms with E-state index < -0.39 is 17.5 Å². The van der Waals surface area contributed by atoms with Gasteiger partial charge in [0, 0.05) is 32.8 Å². The van der Waals surface area contributed by atoms with Crippen LogP contribution in [-0.4, -0.2) is 67.4 Å². The van der Waals surface area contributed by atoms with Gasteiger partial charge in [0.15, 0.2) is 0 Å². The van der Waals surface area contributed by atoms with Crippen LogP contribution in [0.5, 0.6) is 0 Å². The zero-order valence-electron chi connectivity index (χ0n) is 11.5. The summed E-state index contributed by atoms with van der Waals surface area (Å²) in [5.41, 5.74) is 5.28. The summed E-state index contributed by atoms with van der Waals surface area (Å²) in [6.07, 6.45) is 0.745. The van der Waals surface area contributed by atoms with Crippen LogP contribution in [-0.2, 0) is 19.1 Å². The van der Waals surface area contributed by atoms with Gasteiger partial charge in [0.2, 0.25) is 5.91 Å². The van der Waals surface area contributed by atoms with Crippen LogP contribution in [0.4, 0.5) is 0 Å². The number of amides is 1. The van der Waals surface area contributed by atoms with Crippen molar-refractivity contribution in [3.63, 3.8) is 0 Å². The van der Waals surface area contributed by atoms with E-state index in [9.17, 15) is 9.59 Å². The van der Waals surface area contributed by atoms with Crippen LogP contribution in [0.3, 0.4) is 0 Å². The summed E-state index contributed by atoms with van der Waals surface area (Å²) in [6.45, 7) is 2.60. The minimum absolute atomic E-state index is 0.0157. The van der Waals surface area contributed by atoms with Crippen LogP contribution in [0.25, 0.3) is 0 Å². The molecule has 0 saturated carbocycles. The number of carbonyl (C=O) groups is 2. The maximum atomic E-state index is 12.7. The normalized spacial score (nSPS) is 26.2. The smallest absolute Gasteiger partial charge is 0.306 e. The first-order valence-electron chi connectivity index (χ1n) is 6.98. The molecule has 1 atom stereocenters. The molecule has 2 saturated heterocycles. The van der Waals surface area contributed by atoms with Crippen molar-refractivity contribution in [2.24, 2.45) is 11.1 Å². The number of aliphatic carboxylic acids is 1. The summed E-state index contributed by atoms with van der Waals surface area (Å²) in [7, 11) is 0. The largest absolute Gasteiger partial charge is 0.481 e. The molecule has 3 N–H and O–H groups in total. The van der Waals surface area contributed by atoms with Gasteiger partial charge in [-0.3, -0.25) is 9.59 Å². The molecule has 2 aliphatic rings. The monoisotopic (exact) mass is 286 g/mol. The Morgan fingerprint density at radius 3 is 2.60 bits per heavy atom. The molecule has 0 radical (unpaired) electrons. The van der Waals surface area contributed by atoms with Crippen LogP contribution in [0.1, 0.15) is 19.3 Å². The SMILES string of the molecule is NCC1(C(=O)N2CCOC(CC(=O)O)C2)CCOCC1. The van der Waals surface area contributed by atoms with E-state index in [-0.39, 0.29) is 12.3 Å². The van der Waals surface area contributed by atoms with E-state index in [0.717, 1.165) is 0 Å². The second-order valence-electron chi connectivity index (χ2n) is 5.44. The van der Waals surface area contributed by atoms with E-state index in [4.69, 9.17) is 20.3 Å². The number of rotatable bonds is 4. The fourth-order valence-corrected chi connectivity index (χ4v) is 2.82. The van der Waals surface area contributed by atoms with Gasteiger partial charge < -0.3 is 25.2 Å². The molecule has 2 aliphatic heterocycles. The first-order valence-corrected chi connectivity index (χ1v) is 6.98. The van der Waals surface area contributed by atoms with Crippen molar-refractivity contribution < 1.29 is 24.2 Å². The van der Waals surface area contributed by atoms with Crippen molar-refractivity contribution in [1.82, 2.24) is 4.90 Å². The van der Waals surface area contributed by atoms with Crippen molar-refractivity contribution in [1.29, 1.82) is 0 Å². The predicted molar refractivity (Wildman–Crippen MR) is 70.1 cm³/mol. The van der Waals surface area contributed by atoms with E-state index in [1.165, 1.54) is 0 Å². The van der Waals surface area contributed by atoms with E-state index in [1.54, 1.807) is 4.90 Å². The molecule has 0 aromatic carbocycles. The molecule has 20 heavy (non-hydrogen) atoms. The van der Waals surface area contributed by atoms with Gasteiger partial charge in [-0.25, -0.2) is 0 Å². The van der Waals surface area contributed by atoms with E-state index >= 15 is 0 Å². The third-order valence-electron chi connectivity index (χ3n) is 4.12. The Labute approximate surface area is 118 Å². The molecule has 7 heteroatoms. The summed E-state index contributed by atoms with van der Waals surface area (Å²) in [6, 6.07) is 0. The number of carboxylic acids is 1. The molecular formula is C13H22N2O5. The van der Waals surface area contributed by atoms with Crippen LogP contribution in [0.15, 0.2) is 0 Å². The van der Waals surface area contributed by atoms with Crippen molar-refractivity contribution in [3.05, 3.63) is 0 Å². The average Bonchev–Trinajstić information content (AvgIpc) is 2.47. The molecule has 0 aromatic rings. The Hall–Kier alpha value is -1.18. The Bertz CT molecular complexity index is 368. The quantitative estimate of drug-likeness (QED) is 0.718. The predicted octanol–water partition coefficient (Wildman–Crippen LogP) is -0.556. The zero-order chi connectivity index (χ0) is 14.6. The number of carbonyl (C=O) groups excluding carboxylic acids is 1. The summed E-state index contributed by atoms with van der Waals surface area (Å²) < 4.78 is 10.7. The first-order chi connectivity index (χ1) is 9.57. The second-order valence-corrected chi connectivity index (χ2v) is 5.44. The van der Waals surface area contributed by atoms with E-state index in [1.807, 2.05) is 0 Å². The zero-order valence-corrected chi connectivity index (χ0v) is 11.5. The van der Waals surface area contributed by atoms with Gasteiger partial charge in [-0.05, 0) is 12.8 Å². The molecule has 0 aromatic heterocycles.